The van der Waals surface area contributed by atoms with Crippen molar-refractivity contribution < 1.29 is 4.74 Å². The zero-order chi connectivity index (χ0) is 5.56. The van der Waals surface area contributed by atoms with Crippen molar-refractivity contribution in [2.75, 3.05) is 0 Å². The first-order valence-electron chi connectivity index (χ1n) is 2.90. The molecule has 2 aliphatic heterocycles. The maximum absolute atomic E-state index is 5.42. The molecule has 2 heterocycles. The first kappa shape index (κ1) is 4.86. The van der Waals surface area contributed by atoms with Gasteiger partial charge in [-0.3, -0.25) is 0 Å². The summed E-state index contributed by atoms with van der Waals surface area (Å²) in [5, 5.41) is 0. The summed E-state index contributed by atoms with van der Waals surface area (Å²) in [6.07, 6.45) is 4.05. The highest BCUT2D eigenvalue weighted by Gasteiger charge is 2.30. The molecule has 1 unspecified atom stereocenters. The van der Waals surface area contributed by atoms with Crippen molar-refractivity contribution in [2.45, 2.75) is 25.4 Å². The molecule has 1 fully saturated rings. The molecular weight excluding hydrogens is 168 g/mol. The summed E-state index contributed by atoms with van der Waals surface area (Å²) in [6, 6.07) is 0. The summed E-state index contributed by atoms with van der Waals surface area (Å²) in [4.78, 5) is 0. The fourth-order valence-corrected chi connectivity index (χ4v) is 1.92. The summed E-state index contributed by atoms with van der Waals surface area (Å²) in [5.41, 5.74) is 0. The summed E-state index contributed by atoms with van der Waals surface area (Å²) in [6.45, 7) is 0. The van der Waals surface area contributed by atoms with Crippen LogP contribution in [0.25, 0.3) is 0 Å². The molecule has 0 aromatic rings. The summed E-state index contributed by atoms with van der Waals surface area (Å²) in [5.74, 6) is 1.20. The molecule has 1 nitrogen and oxygen atoms in total. The van der Waals surface area contributed by atoms with Gasteiger partial charge < -0.3 is 4.74 Å². The molecule has 0 aromatic heterocycles. The molecule has 0 amide bonds. The third-order valence-electron chi connectivity index (χ3n) is 1.71. The Kier molecular flexibility index (Phi) is 0.911. The van der Waals surface area contributed by atoms with Gasteiger partial charge in [0.2, 0.25) is 0 Å². The predicted molar refractivity (Wildman–Crippen MR) is 34.7 cm³/mol. The molecule has 0 aliphatic carbocycles. The van der Waals surface area contributed by atoms with E-state index in [-0.39, 0.29) is 0 Å². The van der Waals surface area contributed by atoms with Crippen LogP contribution in [0.5, 0.6) is 0 Å². The molecule has 0 spiro atoms. The van der Waals surface area contributed by atoms with Crippen LogP contribution < -0.4 is 0 Å². The summed E-state index contributed by atoms with van der Waals surface area (Å²) in [7, 11) is 0. The van der Waals surface area contributed by atoms with E-state index in [1.54, 1.807) is 0 Å². The standard InChI is InChI=1S/C6H7BrO/c7-5-3-4-1-2-6(5)8-4/h4H,1-3H2. The fraction of sp³-hybridized carbons (Fsp3) is 0.667. The highest BCUT2D eigenvalue weighted by molar-refractivity contribution is 9.11. The van der Waals surface area contributed by atoms with Crippen LogP contribution in [0.4, 0.5) is 0 Å². The lowest BCUT2D eigenvalue weighted by molar-refractivity contribution is 0.188. The first-order valence-corrected chi connectivity index (χ1v) is 3.70. The quantitative estimate of drug-likeness (QED) is 0.548. The molecule has 0 N–H and O–H groups in total. The van der Waals surface area contributed by atoms with E-state index in [9.17, 15) is 0 Å². The third kappa shape index (κ3) is 0.524. The van der Waals surface area contributed by atoms with Gasteiger partial charge >= 0.3 is 0 Å². The smallest absolute Gasteiger partial charge is 0.107 e. The van der Waals surface area contributed by atoms with Gasteiger partial charge in [0.15, 0.2) is 0 Å². The highest BCUT2D eigenvalue weighted by Crippen LogP contribution is 2.40. The van der Waals surface area contributed by atoms with E-state index in [2.05, 4.69) is 15.9 Å². The second-order valence-corrected chi connectivity index (χ2v) is 3.27. The van der Waals surface area contributed by atoms with E-state index >= 15 is 0 Å². The molecule has 0 aromatic carbocycles. The Hall–Kier alpha value is 0.0200. The summed E-state index contributed by atoms with van der Waals surface area (Å²) >= 11 is 3.45. The fourth-order valence-electron chi connectivity index (χ4n) is 1.27. The van der Waals surface area contributed by atoms with Crippen LogP contribution >= 0.6 is 15.9 Å². The number of fused-ring (bicyclic) bond motifs is 2. The number of ether oxygens (including phenoxy) is 1. The molecular formula is C6H7BrO. The molecule has 2 heteroatoms. The average molecular weight is 175 g/mol. The third-order valence-corrected chi connectivity index (χ3v) is 2.48. The average Bonchev–Trinajstić information content (AvgIpc) is 2.23. The summed E-state index contributed by atoms with van der Waals surface area (Å²) < 4.78 is 6.72. The Bertz CT molecular complexity index is 149. The Balaban J connectivity index is 2.33. The van der Waals surface area contributed by atoms with Crippen molar-refractivity contribution >= 4 is 15.9 Å². The van der Waals surface area contributed by atoms with Crippen molar-refractivity contribution in [3.05, 3.63) is 10.2 Å². The largest absolute Gasteiger partial charge is 0.494 e. The zero-order valence-corrected chi connectivity index (χ0v) is 6.07. The molecule has 8 heavy (non-hydrogen) atoms. The molecule has 2 rings (SSSR count). The Morgan fingerprint density at radius 3 is 2.75 bits per heavy atom. The predicted octanol–water partition coefficient (Wildman–Crippen LogP) is 2.18. The van der Waals surface area contributed by atoms with Crippen LogP contribution in [0.3, 0.4) is 0 Å². The lowest BCUT2D eigenvalue weighted by atomic mass is 10.1. The van der Waals surface area contributed by atoms with Crippen molar-refractivity contribution in [3.8, 4) is 0 Å². The lowest BCUT2D eigenvalue weighted by Gasteiger charge is -1.99. The van der Waals surface area contributed by atoms with E-state index in [1.165, 1.54) is 16.7 Å². The van der Waals surface area contributed by atoms with Gasteiger partial charge in [0, 0.05) is 17.3 Å². The minimum absolute atomic E-state index is 0.527. The molecule has 2 bridgehead atoms. The van der Waals surface area contributed by atoms with E-state index in [0.29, 0.717) is 6.10 Å². The first-order chi connectivity index (χ1) is 3.86. The van der Waals surface area contributed by atoms with Crippen LogP contribution in [-0.4, -0.2) is 6.10 Å². The maximum Gasteiger partial charge on any atom is 0.107 e. The molecule has 2 aliphatic rings. The Morgan fingerprint density at radius 2 is 2.50 bits per heavy atom. The molecule has 0 radical (unpaired) electrons. The van der Waals surface area contributed by atoms with Crippen molar-refractivity contribution in [2.24, 2.45) is 0 Å². The van der Waals surface area contributed by atoms with E-state index in [1.807, 2.05) is 0 Å². The van der Waals surface area contributed by atoms with Gasteiger partial charge in [0.1, 0.15) is 11.9 Å². The van der Waals surface area contributed by atoms with Crippen LogP contribution in [0.2, 0.25) is 0 Å². The van der Waals surface area contributed by atoms with Gasteiger partial charge in [0.05, 0.1) is 0 Å². The van der Waals surface area contributed by atoms with E-state index < -0.39 is 0 Å². The second kappa shape index (κ2) is 1.50. The minimum atomic E-state index is 0.527. The van der Waals surface area contributed by atoms with Crippen LogP contribution in [0, 0.1) is 0 Å². The number of hydrogen-bond donors (Lipinski definition) is 0. The van der Waals surface area contributed by atoms with Gasteiger partial charge in [-0.1, -0.05) is 15.9 Å². The second-order valence-electron chi connectivity index (χ2n) is 2.31. The number of hydrogen-bond acceptors (Lipinski definition) is 1. The van der Waals surface area contributed by atoms with Crippen LogP contribution in [0.15, 0.2) is 10.2 Å². The van der Waals surface area contributed by atoms with Crippen molar-refractivity contribution in [1.29, 1.82) is 0 Å². The van der Waals surface area contributed by atoms with Gasteiger partial charge in [0.25, 0.3) is 0 Å². The number of allylic oxidation sites excluding steroid dienone is 1. The molecule has 1 saturated heterocycles. The zero-order valence-electron chi connectivity index (χ0n) is 4.48. The van der Waals surface area contributed by atoms with Gasteiger partial charge in [-0.05, 0) is 6.42 Å². The van der Waals surface area contributed by atoms with E-state index in [4.69, 9.17) is 4.74 Å². The van der Waals surface area contributed by atoms with Gasteiger partial charge in [-0.15, -0.1) is 0 Å². The van der Waals surface area contributed by atoms with Gasteiger partial charge in [-0.25, -0.2) is 0 Å². The van der Waals surface area contributed by atoms with Crippen molar-refractivity contribution in [1.82, 2.24) is 0 Å². The molecule has 1 atom stereocenters. The Morgan fingerprint density at radius 1 is 1.62 bits per heavy atom. The topological polar surface area (TPSA) is 9.23 Å². The number of rotatable bonds is 0. The maximum atomic E-state index is 5.42. The van der Waals surface area contributed by atoms with Crippen LogP contribution in [0.1, 0.15) is 19.3 Å². The molecule has 44 valence electrons. The number of halogens is 1. The SMILES string of the molecule is BrC1=C2CCC(C1)O2. The normalized spacial score (nSPS) is 33.9. The lowest BCUT2D eigenvalue weighted by Crippen LogP contribution is -1.98. The van der Waals surface area contributed by atoms with Crippen molar-refractivity contribution in [3.63, 3.8) is 0 Å². The van der Waals surface area contributed by atoms with Gasteiger partial charge in [-0.2, -0.15) is 0 Å². The van der Waals surface area contributed by atoms with Crippen LogP contribution in [-0.2, 0) is 4.74 Å². The minimum Gasteiger partial charge on any atom is -0.494 e. The Labute approximate surface area is 56.8 Å². The monoisotopic (exact) mass is 174 g/mol. The molecule has 0 saturated carbocycles. The van der Waals surface area contributed by atoms with E-state index in [0.717, 1.165) is 12.8 Å². The highest BCUT2D eigenvalue weighted by atomic mass is 79.9.